The third-order valence-corrected chi connectivity index (χ3v) is 4.23. The number of methoxy groups -OCH3 is 1. The molecule has 0 radical (unpaired) electrons. The molecule has 0 saturated carbocycles. The van der Waals surface area contributed by atoms with E-state index in [0.29, 0.717) is 12.1 Å². The summed E-state index contributed by atoms with van der Waals surface area (Å²) in [5.41, 5.74) is 1.30. The predicted molar refractivity (Wildman–Crippen MR) is 78.1 cm³/mol. The van der Waals surface area contributed by atoms with Crippen LogP contribution in [0.3, 0.4) is 0 Å². The lowest BCUT2D eigenvalue weighted by molar-refractivity contribution is 0.410. The van der Waals surface area contributed by atoms with Crippen LogP contribution in [-0.2, 0) is 0 Å². The maximum absolute atomic E-state index is 5.27. The van der Waals surface area contributed by atoms with E-state index in [4.69, 9.17) is 4.74 Å². The Kier molecular flexibility index (Phi) is 5.03. The van der Waals surface area contributed by atoms with Crippen LogP contribution in [0.2, 0.25) is 0 Å². The Morgan fingerprint density at radius 2 is 2.39 bits per heavy atom. The maximum atomic E-state index is 5.27. The summed E-state index contributed by atoms with van der Waals surface area (Å²) in [4.78, 5) is 0. The quantitative estimate of drug-likeness (QED) is 0.877. The van der Waals surface area contributed by atoms with E-state index in [9.17, 15) is 0 Å². The van der Waals surface area contributed by atoms with Crippen molar-refractivity contribution in [1.82, 2.24) is 10.6 Å². The molecule has 18 heavy (non-hydrogen) atoms. The highest BCUT2D eigenvalue weighted by molar-refractivity contribution is 9.10. The number of halogens is 1. The molecule has 1 aliphatic rings. The fourth-order valence-electron chi connectivity index (χ4n) is 2.56. The lowest BCUT2D eigenvalue weighted by Gasteiger charge is -2.21. The second-order valence-corrected chi connectivity index (χ2v) is 5.62. The second-order valence-electron chi connectivity index (χ2n) is 4.76. The van der Waals surface area contributed by atoms with Gasteiger partial charge in [-0.25, -0.2) is 0 Å². The van der Waals surface area contributed by atoms with Crippen LogP contribution in [0.1, 0.15) is 30.9 Å². The number of hydrogen-bond acceptors (Lipinski definition) is 3. The van der Waals surface area contributed by atoms with Gasteiger partial charge in [-0.2, -0.15) is 0 Å². The largest absolute Gasteiger partial charge is 0.496 e. The van der Waals surface area contributed by atoms with Crippen LogP contribution in [0.25, 0.3) is 0 Å². The lowest BCUT2D eigenvalue weighted by atomic mass is 9.98. The summed E-state index contributed by atoms with van der Waals surface area (Å²) in [5, 5.41) is 6.96. The third kappa shape index (κ3) is 3.25. The van der Waals surface area contributed by atoms with E-state index in [2.05, 4.69) is 38.7 Å². The van der Waals surface area contributed by atoms with Gasteiger partial charge in [-0.15, -0.1) is 0 Å². The normalized spacial score (nSPS) is 20.9. The molecule has 1 heterocycles. The van der Waals surface area contributed by atoms with Crippen molar-refractivity contribution in [2.45, 2.75) is 31.3 Å². The van der Waals surface area contributed by atoms with Crippen LogP contribution in [0, 0.1) is 0 Å². The first-order valence-electron chi connectivity index (χ1n) is 6.48. The monoisotopic (exact) mass is 312 g/mol. The summed E-state index contributed by atoms with van der Waals surface area (Å²) >= 11 is 3.55. The van der Waals surface area contributed by atoms with Crippen LogP contribution >= 0.6 is 15.9 Å². The first-order valence-corrected chi connectivity index (χ1v) is 7.28. The first kappa shape index (κ1) is 13.8. The van der Waals surface area contributed by atoms with Crippen LogP contribution < -0.4 is 15.4 Å². The second kappa shape index (κ2) is 6.55. The maximum Gasteiger partial charge on any atom is 0.133 e. The molecule has 1 saturated heterocycles. The summed E-state index contributed by atoms with van der Waals surface area (Å²) in [5.74, 6) is 0.882. The van der Waals surface area contributed by atoms with Crippen molar-refractivity contribution < 1.29 is 4.74 Å². The van der Waals surface area contributed by atoms with Crippen molar-refractivity contribution in [2.75, 3.05) is 20.7 Å². The van der Waals surface area contributed by atoms with Crippen LogP contribution in [0.4, 0.5) is 0 Å². The molecule has 1 aromatic rings. The minimum absolute atomic E-state index is 0.391. The van der Waals surface area contributed by atoms with Gasteiger partial charge in [-0.05, 0) is 66.5 Å². The molecule has 1 fully saturated rings. The van der Waals surface area contributed by atoms with Gasteiger partial charge < -0.3 is 15.4 Å². The Balaban J connectivity index is 2.08. The van der Waals surface area contributed by atoms with Gasteiger partial charge >= 0.3 is 0 Å². The molecule has 0 aliphatic carbocycles. The third-order valence-electron chi connectivity index (χ3n) is 3.61. The molecule has 100 valence electrons. The van der Waals surface area contributed by atoms with E-state index in [1.807, 2.05) is 13.1 Å². The predicted octanol–water partition coefficient (Wildman–Crippen LogP) is 2.86. The molecule has 2 atom stereocenters. The SMILES string of the molecule is CNC(CC1CCCN1)c1ccc(OC)c(Br)c1. The topological polar surface area (TPSA) is 33.3 Å². The van der Waals surface area contributed by atoms with Crippen LogP contribution in [-0.4, -0.2) is 26.7 Å². The zero-order valence-electron chi connectivity index (χ0n) is 11.0. The van der Waals surface area contributed by atoms with Gasteiger partial charge in [0.15, 0.2) is 0 Å². The zero-order valence-corrected chi connectivity index (χ0v) is 12.6. The highest BCUT2D eigenvalue weighted by Crippen LogP contribution is 2.30. The van der Waals surface area contributed by atoms with Crippen LogP contribution in [0.15, 0.2) is 22.7 Å². The van der Waals surface area contributed by atoms with Crippen molar-refractivity contribution >= 4 is 15.9 Å². The molecule has 0 amide bonds. The molecule has 3 nitrogen and oxygen atoms in total. The van der Waals surface area contributed by atoms with Crippen molar-refractivity contribution in [3.63, 3.8) is 0 Å². The molecule has 2 N–H and O–H groups in total. The minimum Gasteiger partial charge on any atom is -0.496 e. The molecular formula is C14H21BrN2O. The fourth-order valence-corrected chi connectivity index (χ4v) is 3.12. The van der Waals surface area contributed by atoms with Crippen molar-refractivity contribution in [1.29, 1.82) is 0 Å². The summed E-state index contributed by atoms with van der Waals surface area (Å²) in [6, 6.07) is 7.34. The number of benzene rings is 1. The Bertz CT molecular complexity index is 391. The molecule has 4 heteroatoms. The van der Waals surface area contributed by atoms with Gasteiger partial charge in [0, 0.05) is 12.1 Å². The van der Waals surface area contributed by atoms with Gasteiger partial charge in [0.2, 0.25) is 0 Å². The fraction of sp³-hybridized carbons (Fsp3) is 0.571. The average molecular weight is 313 g/mol. The molecule has 1 aromatic carbocycles. The molecule has 0 spiro atoms. The minimum atomic E-state index is 0.391. The highest BCUT2D eigenvalue weighted by Gasteiger charge is 2.20. The Labute approximate surface area is 117 Å². The Hall–Kier alpha value is -0.580. The molecule has 2 rings (SSSR count). The summed E-state index contributed by atoms with van der Waals surface area (Å²) in [7, 11) is 3.72. The van der Waals surface area contributed by atoms with Gasteiger partial charge in [0.25, 0.3) is 0 Å². The first-order chi connectivity index (χ1) is 8.74. The van der Waals surface area contributed by atoms with Crippen LogP contribution in [0.5, 0.6) is 5.75 Å². The average Bonchev–Trinajstić information content (AvgIpc) is 2.88. The Morgan fingerprint density at radius 1 is 1.56 bits per heavy atom. The summed E-state index contributed by atoms with van der Waals surface area (Å²) in [6.45, 7) is 1.16. The van der Waals surface area contributed by atoms with Crippen molar-refractivity contribution in [3.05, 3.63) is 28.2 Å². The summed E-state index contributed by atoms with van der Waals surface area (Å²) in [6.07, 6.45) is 3.72. The van der Waals surface area contributed by atoms with E-state index < -0.39 is 0 Å². The molecule has 1 aliphatic heterocycles. The molecule has 2 unspecified atom stereocenters. The number of rotatable bonds is 5. The van der Waals surface area contributed by atoms with Gasteiger partial charge in [0.1, 0.15) is 5.75 Å². The van der Waals surface area contributed by atoms with Gasteiger partial charge in [-0.3, -0.25) is 0 Å². The van der Waals surface area contributed by atoms with Gasteiger partial charge in [-0.1, -0.05) is 6.07 Å². The van der Waals surface area contributed by atoms with E-state index in [1.165, 1.54) is 18.4 Å². The number of ether oxygens (including phenoxy) is 1. The molecule has 0 bridgehead atoms. The van der Waals surface area contributed by atoms with E-state index in [-0.39, 0.29) is 0 Å². The van der Waals surface area contributed by atoms with E-state index in [1.54, 1.807) is 7.11 Å². The van der Waals surface area contributed by atoms with Gasteiger partial charge in [0.05, 0.1) is 11.6 Å². The zero-order chi connectivity index (χ0) is 13.0. The number of hydrogen-bond donors (Lipinski definition) is 2. The highest BCUT2D eigenvalue weighted by atomic mass is 79.9. The van der Waals surface area contributed by atoms with E-state index in [0.717, 1.165) is 23.2 Å². The standard InChI is InChI=1S/C14H21BrN2O/c1-16-13(9-11-4-3-7-17-11)10-5-6-14(18-2)12(15)8-10/h5-6,8,11,13,16-17H,3-4,7,9H2,1-2H3. The van der Waals surface area contributed by atoms with E-state index >= 15 is 0 Å². The van der Waals surface area contributed by atoms with Crippen molar-refractivity contribution in [2.24, 2.45) is 0 Å². The summed E-state index contributed by atoms with van der Waals surface area (Å²) < 4.78 is 6.28. The molecule has 0 aromatic heterocycles. The lowest BCUT2D eigenvalue weighted by Crippen LogP contribution is -2.28. The van der Waals surface area contributed by atoms with Crippen molar-refractivity contribution in [3.8, 4) is 5.75 Å². The smallest absolute Gasteiger partial charge is 0.133 e. The Morgan fingerprint density at radius 3 is 2.94 bits per heavy atom. The number of nitrogens with one attached hydrogen (secondary N) is 2. The molecular weight excluding hydrogens is 292 g/mol.